The molecule has 11 heteroatoms. The minimum absolute atomic E-state index is 0.161. The zero-order valence-corrected chi connectivity index (χ0v) is 17.2. The Kier molecular flexibility index (Phi) is 4.94. The maximum atomic E-state index is 13.3. The first kappa shape index (κ1) is 20.5. The lowest BCUT2D eigenvalue weighted by molar-refractivity contribution is -0.137. The van der Waals surface area contributed by atoms with Gasteiger partial charge in [0.25, 0.3) is 5.91 Å². The summed E-state index contributed by atoms with van der Waals surface area (Å²) < 4.78 is 39.7. The number of anilines is 1. The third-order valence-corrected chi connectivity index (χ3v) is 5.84. The molecule has 160 valence electrons. The standard InChI is InChI=1S/C19H20ClF3N6O/c1-10-9-14-17(26-27(3)29(14)15-7-8-24-25-15)11(2)28(10)18(30)12-5-4-6-13(16(12)20)19(21,22)23/h4-8,10-11,26H,9H2,1-3H3,(H,24,25)/t10-,11-/m1/s1. The van der Waals surface area contributed by atoms with Crippen LogP contribution in [0.4, 0.5) is 19.0 Å². The molecule has 0 spiro atoms. The molecule has 0 unspecified atom stereocenters. The summed E-state index contributed by atoms with van der Waals surface area (Å²) in [5.41, 5.74) is 3.81. The minimum atomic E-state index is -4.64. The smallest absolute Gasteiger partial charge is 0.327 e. The highest BCUT2D eigenvalue weighted by Gasteiger charge is 2.43. The van der Waals surface area contributed by atoms with Crippen LogP contribution < -0.4 is 10.4 Å². The Labute approximate surface area is 176 Å². The van der Waals surface area contributed by atoms with Crippen molar-refractivity contribution in [3.63, 3.8) is 0 Å². The van der Waals surface area contributed by atoms with Gasteiger partial charge in [0, 0.05) is 25.6 Å². The number of hydrogen-bond acceptors (Lipinski definition) is 5. The summed E-state index contributed by atoms with van der Waals surface area (Å²) in [6.07, 6.45) is -2.50. The van der Waals surface area contributed by atoms with Gasteiger partial charge < -0.3 is 10.3 Å². The van der Waals surface area contributed by atoms with Gasteiger partial charge in [-0.1, -0.05) is 17.7 Å². The highest BCUT2D eigenvalue weighted by molar-refractivity contribution is 6.34. The van der Waals surface area contributed by atoms with Gasteiger partial charge in [-0.25, -0.2) is 5.01 Å². The second kappa shape index (κ2) is 7.21. The van der Waals surface area contributed by atoms with Crippen molar-refractivity contribution in [2.75, 3.05) is 12.1 Å². The third kappa shape index (κ3) is 3.20. The molecule has 2 aliphatic heterocycles. The maximum Gasteiger partial charge on any atom is 0.417 e. The van der Waals surface area contributed by atoms with Crippen LogP contribution in [0.1, 0.15) is 36.2 Å². The quantitative estimate of drug-likeness (QED) is 0.743. The molecular weight excluding hydrogens is 421 g/mol. The van der Waals surface area contributed by atoms with Crippen LogP contribution in [0, 0.1) is 0 Å². The van der Waals surface area contributed by atoms with Crippen LogP contribution in [0.5, 0.6) is 0 Å². The molecule has 0 aliphatic carbocycles. The summed E-state index contributed by atoms with van der Waals surface area (Å²) in [5, 5.41) is 10.0. The minimum Gasteiger partial charge on any atom is -0.327 e. The van der Waals surface area contributed by atoms with Crippen molar-refractivity contribution < 1.29 is 18.0 Å². The number of hydrogen-bond donors (Lipinski definition) is 2. The molecule has 0 radical (unpaired) electrons. The van der Waals surface area contributed by atoms with Gasteiger partial charge in [-0.05, 0) is 26.0 Å². The van der Waals surface area contributed by atoms with E-state index in [2.05, 4.69) is 15.6 Å². The molecule has 1 amide bonds. The average Bonchev–Trinajstić information content (AvgIpc) is 3.28. The number of hydrazine groups is 2. The number of amides is 1. The Morgan fingerprint density at radius 2 is 2.00 bits per heavy atom. The zero-order valence-electron chi connectivity index (χ0n) is 16.5. The number of halogens is 4. The van der Waals surface area contributed by atoms with Gasteiger partial charge in [0.15, 0.2) is 0 Å². The molecule has 2 aliphatic rings. The topological polar surface area (TPSA) is 67.5 Å². The first-order valence-electron chi connectivity index (χ1n) is 9.32. The Morgan fingerprint density at radius 3 is 2.63 bits per heavy atom. The van der Waals surface area contributed by atoms with Gasteiger partial charge in [0.1, 0.15) is 5.82 Å². The molecular formula is C19H20ClF3N6O. The van der Waals surface area contributed by atoms with Gasteiger partial charge in [0.05, 0.1) is 39.8 Å². The summed E-state index contributed by atoms with van der Waals surface area (Å²) in [6.45, 7) is 3.70. The van der Waals surface area contributed by atoms with E-state index >= 15 is 0 Å². The molecule has 2 N–H and O–H groups in total. The monoisotopic (exact) mass is 440 g/mol. The van der Waals surface area contributed by atoms with Crippen LogP contribution in [-0.2, 0) is 6.18 Å². The number of nitrogens with zero attached hydrogens (tertiary/aromatic N) is 4. The van der Waals surface area contributed by atoms with Crippen molar-refractivity contribution in [2.45, 2.75) is 38.5 Å². The molecule has 1 aromatic carbocycles. The summed E-state index contributed by atoms with van der Waals surface area (Å²) in [7, 11) is 1.83. The summed E-state index contributed by atoms with van der Waals surface area (Å²) in [6, 6.07) is 4.55. The molecule has 0 bridgehead atoms. The second-order valence-corrected chi connectivity index (χ2v) is 7.73. The molecule has 2 atom stereocenters. The Hall–Kier alpha value is -2.72. The fraction of sp³-hybridized carbons (Fsp3) is 0.368. The average molecular weight is 441 g/mol. The van der Waals surface area contributed by atoms with Crippen molar-refractivity contribution in [3.05, 3.63) is 58.0 Å². The van der Waals surface area contributed by atoms with Crippen molar-refractivity contribution in [1.82, 2.24) is 25.6 Å². The van der Waals surface area contributed by atoms with E-state index in [-0.39, 0.29) is 11.6 Å². The van der Waals surface area contributed by atoms with Crippen molar-refractivity contribution in [3.8, 4) is 0 Å². The van der Waals surface area contributed by atoms with Crippen LogP contribution in [0.25, 0.3) is 0 Å². The number of rotatable bonds is 2. The fourth-order valence-corrected chi connectivity index (χ4v) is 4.43. The molecule has 7 nitrogen and oxygen atoms in total. The number of nitrogens with one attached hydrogen (secondary N) is 2. The zero-order chi connectivity index (χ0) is 21.8. The third-order valence-electron chi connectivity index (χ3n) is 5.43. The highest BCUT2D eigenvalue weighted by atomic mass is 35.5. The predicted molar refractivity (Wildman–Crippen MR) is 105 cm³/mol. The van der Waals surface area contributed by atoms with Gasteiger partial charge in [-0.3, -0.25) is 9.89 Å². The number of alkyl halides is 3. The largest absolute Gasteiger partial charge is 0.417 e. The predicted octanol–water partition coefficient (Wildman–Crippen LogP) is 3.79. The molecule has 3 heterocycles. The molecule has 4 rings (SSSR count). The maximum absolute atomic E-state index is 13.3. The van der Waals surface area contributed by atoms with Crippen molar-refractivity contribution in [1.29, 1.82) is 0 Å². The van der Waals surface area contributed by atoms with E-state index in [4.69, 9.17) is 11.6 Å². The van der Waals surface area contributed by atoms with Crippen LogP contribution in [-0.4, -0.2) is 45.3 Å². The number of benzene rings is 1. The summed E-state index contributed by atoms with van der Waals surface area (Å²) >= 11 is 6.01. The number of aromatic nitrogens is 2. The van der Waals surface area contributed by atoms with E-state index in [0.29, 0.717) is 6.42 Å². The molecule has 0 saturated heterocycles. The van der Waals surface area contributed by atoms with Crippen molar-refractivity contribution >= 4 is 23.3 Å². The molecule has 2 aromatic rings. The van der Waals surface area contributed by atoms with Gasteiger partial charge in [-0.2, -0.15) is 18.3 Å². The molecule has 0 saturated carbocycles. The van der Waals surface area contributed by atoms with E-state index in [1.807, 2.05) is 32.0 Å². The van der Waals surface area contributed by atoms with Crippen molar-refractivity contribution in [2.24, 2.45) is 0 Å². The van der Waals surface area contributed by atoms with E-state index < -0.39 is 28.7 Å². The van der Waals surface area contributed by atoms with E-state index in [1.54, 1.807) is 16.2 Å². The number of carbonyl (C=O) groups is 1. The van der Waals surface area contributed by atoms with E-state index in [9.17, 15) is 18.0 Å². The molecule has 1 aromatic heterocycles. The Balaban J connectivity index is 1.70. The van der Waals surface area contributed by atoms with Crippen LogP contribution >= 0.6 is 11.6 Å². The highest BCUT2D eigenvalue weighted by Crippen LogP contribution is 2.39. The molecule has 0 fully saturated rings. The van der Waals surface area contributed by atoms with Crippen LogP contribution in [0.2, 0.25) is 5.02 Å². The lowest BCUT2D eigenvalue weighted by atomic mass is 9.96. The summed E-state index contributed by atoms with van der Waals surface area (Å²) in [5.74, 6) is 0.220. The Morgan fingerprint density at radius 1 is 1.27 bits per heavy atom. The lowest BCUT2D eigenvalue weighted by Crippen LogP contribution is -2.50. The Bertz CT molecular complexity index is 1010. The lowest BCUT2D eigenvalue weighted by Gasteiger charge is -2.40. The van der Waals surface area contributed by atoms with E-state index in [0.717, 1.165) is 23.3 Å². The second-order valence-electron chi connectivity index (χ2n) is 7.36. The van der Waals surface area contributed by atoms with Gasteiger partial charge in [0.2, 0.25) is 0 Å². The fourth-order valence-electron chi connectivity index (χ4n) is 4.12. The first-order valence-corrected chi connectivity index (χ1v) is 9.70. The number of carbonyl (C=O) groups excluding carboxylic acids is 1. The number of H-pyrrole nitrogens is 1. The van der Waals surface area contributed by atoms with Gasteiger partial charge in [-0.15, -0.1) is 5.12 Å². The van der Waals surface area contributed by atoms with Gasteiger partial charge >= 0.3 is 6.18 Å². The van der Waals surface area contributed by atoms with Crippen LogP contribution in [0.15, 0.2) is 41.9 Å². The SMILES string of the molecule is C[C@@H]1CC2=C(NN(C)N2c2ccn[nH]2)[C@@H](C)N1C(=O)c1cccc(C(F)(F)F)c1Cl. The normalized spacial score (nSPS) is 22.4. The van der Waals surface area contributed by atoms with Crippen LogP contribution in [0.3, 0.4) is 0 Å². The first-order chi connectivity index (χ1) is 14.1. The number of aromatic amines is 1. The summed E-state index contributed by atoms with van der Waals surface area (Å²) in [4.78, 5) is 14.8. The van der Waals surface area contributed by atoms with E-state index in [1.165, 1.54) is 12.1 Å². The molecule has 30 heavy (non-hydrogen) atoms.